The van der Waals surface area contributed by atoms with Crippen LogP contribution < -0.4 is 5.32 Å². The molecule has 1 N–H and O–H groups in total. The number of sulfone groups is 1. The van der Waals surface area contributed by atoms with Gasteiger partial charge in [-0.25, -0.2) is 8.42 Å². The number of benzene rings is 3. The van der Waals surface area contributed by atoms with Crippen LogP contribution in [0.5, 0.6) is 0 Å². The second kappa shape index (κ2) is 9.11. The maximum atomic E-state index is 13.1. The van der Waals surface area contributed by atoms with Crippen LogP contribution in [0.2, 0.25) is 0 Å². The summed E-state index contributed by atoms with van der Waals surface area (Å²) in [4.78, 5) is 30.0. The van der Waals surface area contributed by atoms with Crippen LogP contribution in [-0.4, -0.2) is 26.3 Å². The van der Waals surface area contributed by atoms with E-state index in [0.717, 1.165) is 16.7 Å². The van der Waals surface area contributed by atoms with E-state index in [1.807, 2.05) is 62.4 Å². The molecule has 1 atom stereocenters. The Hall–Kier alpha value is -3.58. The number of nitrogens with zero attached hydrogens (tertiary/aromatic N) is 1. The first-order chi connectivity index (χ1) is 15.7. The highest BCUT2D eigenvalue weighted by Crippen LogP contribution is 2.30. The van der Waals surface area contributed by atoms with Gasteiger partial charge in [0.2, 0.25) is 5.91 Å². The van der Waals surface area contributed by atoms with Gasteiger partial charge in [0.05, 0.1) is 16.3 Å². The molecule has 1 amide bonds. The summed E-state index contributed by atoms with van der Waals surface area (Å²) in [6.07, 6.45) is 1.31. The maximum absolute atomic E-state index is 13.1. The highest BCUT2D eigenvalue weighted by atomic mass is 32.2. The number of carbonyl (C=O) groups is 2. The lowest BCUT2D eigenvalue weighted by atomic mass is 9.94. The SMILES string of the molecule is Cc1cc(C)cc(CS(=O)(=O)c2ccc3c(c2)C(=O)C(C(=O)NCc2ccccc2)C=N3)c1. The molecule has 0 spiro atoms. The lowest BCUT2D eigenvalue weighted by molar-refractivity contribution is -0.122. The Bertz CT molecular complexity index is 1340. The van der Waals surface area contributed by atoms with Crippen molar-refractivity contribution in [1.29, 1.82) is 0 Å². The molecule has 7 heteroatoms. The van der Waals surface area contributed by atoms with Gasteiger partial charge in [0, 0.05) is 18.3 Å². The number of rotatable bonds is 6. The first kappa shape index (κ1) is 22.6. The Morgan fingerprint density at radius 1 is 0.939 bits per heavy atom. The molecule has 0 aliphatic carbocycles. The quantitative estimate of drug-likeness (QED) is 0.561. The van der Waals surface area contributed by atoms with Gasteiger partial charge >= 0.3 is 0 Å². The Labute approximate surface area is 193 Å². The molecule has 0 saturated carbocycles. The van der Waals surface area contributed by atoms with Crippen LogP contribution in [0, 0.1) is 19.8 Å². The average Bonchev–Trinajstić information content (AvgIpc) is 2.77. The Kier molecular flexibility index (Phi) is 6.24. The minimum absolute atomic E-state index is 0.0364. The minimum atomic E-state index is -3.69. The van der Waals surface area contributed by atoms with Crippen LogP contribution in [0.15, 0.2) is 76.6 Å². The van der Waals surface area contributed by atoms with Crippen molar-refractivity contribution in [2.24, 2.45) is 10.9 Å². The molecule has 33 heavy (non-hydrogen) atoms. The number of aliphatic imine (C=N–C) groups is 1. The standard InChI is InChI=1S/C26H24N2O4S/c1-17-10-18(2)12-20(11-17)16-33(31,32)21-8-9-24-22(13-21)25(29)23(15-27-24)26(30)28-14-19-6-4-3-5-7-19/h3-13,15,23H,14,16H2,1-2H3,(H,28,30). The minimum Gasteiger partial charge on any atom is -0.351 e. The molecular formula is C26H24N2O4S. The molecule has 1 aliphatic heterocycles. The number of carbonyl (C=O) groups excluding carboxylic acids is 2. The number of amides is 1. The molecule has 1 aliphatic rings. The smallest absolute Gasteiger partial charge is 0.236 e. The fourth-order valence-electron chi connectivity index (χ4n) is 3.95. The summed E-state index contributed by atoms with van der Waals surface area (Å²) < 4.78 is 26.1. The lowest BCUT2D eigenvalue weighted by Crippen LogP contribution is -2.37. The number of ketones is 1. The summed E-state index contributed by atoms with van der Waals surface area (Å²) >= 11 is 0. The van der Waals surface area contributed by atoms with Crippen LogP contribution in [-0.2, 0) is 26.9 Å². The number of hydrogen-bond acceptors (Lipinski definition) is 5. The Morgan fingerprint density at radius 3 is 2.33 bits per heavy atom. The molecule has 1 heterocycles. The molecule has 0 saturated heterocycles. The molecule has 0 bridgehead atoms. The molecule has 0 fully saturated rings. The van der Waals surface area contributed by atoms with Crippen LogP contribution in [0.3, 0.4) is 0 Å². The van der Waals surface area contributed by atoms with Crippen molar-refractivity contribution in [1.82, 2.24) is 5.32 Å². The second-order valence-electron chi connectivity index (χ2n) is 8.26. The van der Waals surface area contributed by atoms with Crippen molar-refractivity contribution in [2.75, 3.05) is 0 Å². The first-order valence-corrected chi connectivity index (χ1v) is 12.2. The van der Waals surface area contributed by atoms with Gasteiger partial charge in [-0.2, -0.15) is 0 Å². The van der Waals surface area contributed by atoms with E-state index >= 15 is 0 Å². The van der Waals surface area contributed by atoms with Crippen LogP contribution in [0.4, 0.5) is 5.69 Å². The van der Waals surface area contributed by atoms with Crippen molar-refractivity contribution >= 4 is 33.4 Å². The molecule has 3 aromatic carbocycles. The van der Waals surface area contributed by atoms with E-state index in [9.17, 15) is 18.0 Å². The molecule has 1 unspecified atom stereocenters. The third kappa shape index (κ3) is 5.09. The molecule has 168 valence electrons. The van der Waals surface area contributed by atoms with Gasteiger partial charge in [0.1, 0.15) is 5.92 Å². The summed E-state index contributed by atoms with van der Waals surface area (Å²) in [5.41, 5.74) is 4.06. The molecule has 0 radical (unpaired) electrons. The number of aryl methyl sites for hydroxylation is 2. The largest absolute Gasteiger partial charge is 0.351 e. The van der Waals surface area contributed by atoms with Crippen LogP contribution >= 0.6 is 0 Å². The maximum Gasteiger partial charge on any atom is 0.236 e. The van der Waals surface area contributed by atoms with Crippen molar-refractivity contribution in [2.45, 2.75) is 31.0 Å². The van der Waals surface area contributed by atoms with E-state index in [1.54, 1.807) is 0 Å². The predicted octanol–water partition coefficient (Wildman–Crippen LogP) is 4.11. The zero-order chi connectivity index (χ0) is 23.6. The van der Waals surface area contributed by atoms with E-state index in [4.69, 9.17) is 0 Å². The zero-order valence-electron chi connectivity index (χ0n) is 18.4. The van der Waals surface area contributed by atoms with E-state index in [-0.39, 0.29) is 22.8 Å². The lowest BCUT2D eigenvalue weighted by Gasteiger charge is -2.18. The predicted molar refractivity (Wildman–Crippen MR) is 128 cm³/mol. The second-order valence-corrected chi connectivity index (χ2v) is 10.2. The number of Topliss-reactive ketones (excluding diaryl/α,β-unsaturated/α-hetero) is 1. The van der Waals surface area contributed by atoms with Gasteiger partial charge in [-0.1, -0.05) is 59.7 Å². The zero-order valence-corrected chi connectivity index (χ0v) is 19.2. The van der Waals surface area contributed by atoms with Crippen molar-refractivity contribution in [3.05, 3.63) is 94.5 Å². The fraction of sp³-hybridized carbons (Fsp3) is 0.192. The van der Waals surface area contributed by atoms with Gasteiger partial charge in [0.25, 0.3) is 0 Å². The average molecular weight is 461 g/mol. The number of fused-ring (bicyclic) bond motifs is 1. The van der Waals surface area contributed by atoms with E-state index in [1.165, 1.54) is 24.4 Å². The highest BCUT2D eigenvalue weighted by molar-refractivity contribution is 7.90. The van der Waals surface area contributed by atoms with Crippen molar-refractivity contribution < 1.29 is 18.0 Å². The Balaban J connectivity index is 1.54. The molecular weight excluding hydrogens is 436 g/mol. The third-order valence-electron chi connectivity index (χ3n) is 5.47. The summed E-state index contributed by atoms with van der Waals surface area (Å²) in [6.45, 7) is 4.12. The normalized spacial score (nSPS) is 15.2. The van der Waals surface area contributed by atoms with E-state index in [0.29, 0.717) is 11.3 Å². The molecule has 3 aromatic rings. The van der Waals surface area contributed by atoms with Crippen LogP contribution in [0.25, 0.3) is 0 Å². The topological polar surface area (TPSA) is 92.7 Å². The van der Waals surface area contributed by atoms with E-state index < -0.39 is 27.4 Å². The van der Waals surface area contributed by atoms with Crippen molar-refractivity contribution in [3.8, 4) is 0 Å². The van der Waals surface area contributed by atoms with Gasteiger partial charge < -0.3 is 5.32 Å². The van der Waals surface area contributed by atoms with Crippen molar-refractivity contribution in [3.63, 3.8) is 0 Å². The summed E-state index contributed by atoms with van der Waals surface area (Å²) in [7, 11) is -3.69. The molecule has 4 rings (SSSR count). The summed E-state index contributed by atoms with van der Waals surface area (Å²) in [5.74, 6) is -2.21. The third-order valence-corrected chi connectivity index (χ3v) is 7.15. The molecule has 0 aromatic heterocycles. The summed E-state index contributed by atoms with van der Waals surface area (Å²) in [5, 5.41) is 2.75. The van der Waals surface area contributed by atoms with Crippen LogP contribution in [0.1, 0.15) is 32.6 Å². The van der Waals surface area contributed by atoms with E-state index in [2.05, 4.69) is 10.3 Å². The Morgan fingerprint density at radius 2 is 1.64 bits per heavy atom. The van der Waals surface area contributed by atoms with Gasteiger partial charge in [-0.15, -0.1) is 0 Å². The number of nitrogens with one attached hydrogen (secondary N) is 1. The monoisotopic (exact) mass is 460 g/mol. The fourth-order valence-corrected chi connectivity index (χ4v) is 5.29. The molecule has 6 nitrogen and oxygen atoms in total. The summed E-state index contributed by atoms with van der Waals surface area (Å²) in [6, 6.07) is 19.3. The highest BCUT2D eigenvalue weighted by Gasteiger charge is 2.31. The number of hydrogen-bond donors (Lipinski definition) is 1. The van der Waals surface area contributed by atoms with Gasteiger partial charge in [0.15, 0.2) is 15.6 Å². The first-order valence-electron chi connectivity index (χ1n) is 10.6. The van der Waals surface area contributed by atoms with Gasteiger partial charge in [-0.3, -0.25) is 14.6 Å². The van der Waals surface area contributed by atoms with Gasteiger partial charge in [-0.05, 0) is 43.2 Å².